The normalized spacial score (nSPS) is 11.3. The highest BCUT2D eigenvalue weighted by Crippen LogP contribution is 2.25. The zero-order valence-electron chi connectivity index (χ0n) is 17.4. The van der Waals surface area contributed by atoms with Crippen LogP contribution in [0.2, 0.25) is 0 Å². The number of carbonyl (C=O) groups is 2. The van der Waals surface area contributed by atoms with Crippen LogP contribution < -0.4 is 20.1 Å². The van der Waals surface area contributed by atoms with E-state index < -0.39 is 6.04 Å². The molecule has 0 bridgehead atoms. The first-order chi connectivity index (χ1) is 15.2. The number of benzene rings is 3. The molecule has 3 aromatic rings. The van der Waals surface area contributed by atoms with Gasteiger partial charge in [0, 0.05) is 5.56 Å². The Morgan fingerprint density at radius 3 is 2.13 bits per heavy atom. The van der Waals surface area contributed by atoms with Crippen molar-refractivity contribution in [2.45, 2.75) is 12.5 Å². The lowest BCUT2D eigenvalue weighted by atomic mass is 10.0. The first-order valence-corrected chi connectivity index (χ1v) is 10.1. The molecular weight excluding hydrogens is 392 g/mol. The average Bonchev–Trinajstić information content (AvgIpc) is 2.82. The lowest BCUT2D eigenvalue weighted by molar-refractivity contribution is -0.121. The molecule has 2 N–H and O–H groups in total. The SMILES string of the molecule is COc1ccccc1OCCNC(=O)C[C@@H](NC(=O)c1ccccc1)c1ccccc1. The highest BCUT2D eigenvalue weighted by atomic mass is 16.5. The molecule has 6 heteroatoms. The molecule has 3 aromatic carbocycles. The fourth-order valence-electron chi connectivity index (χ4n) is 3.12. The van der Waals surface area contributed by atoms with E-state index in [4.69, 9.17) is 9.47 Å². The van der Waals surface area contributed by atoms with Crippen LogP contribution in [-0.4, -0.2) is 32.1 Å². The second-order valence-corrected chi connectivity index (χ2v) is 6.86. The monoisotopic (exact) mass is 418 g/mol. The predicted octanol–water partition coefficient (Wildman–Crippen LogP) is 3.75. The summed E-state index contributed by atoms with van der Waals surface area (Å²) < 4.78 is 10.9. The van der Waals surface area contributed by atoms with Gasteiger partial charge >= 0.3 is 0 Å². The van der Waals surface area contributed by atoms with Crippen LogP contribution in [-0.2, 0) is 4.79 Å². The molecular formula is C25H26N2O4. The van der Waals surface area contributed by atoms with Gasteiger partial charge in [-0.3, -0.25) is 9.59 Å². The van der Waals surface area contributed by atoms with Crippen LogP contribution in [0.25, 0.3) is 0 Å². The molecule has 2 amide bonds. The van der Waals surface area contributed by atoms with Crippen molar-refractivity contribution in [2.75, 3.05) is 20.3 Å². The van der Waals surface area contributed by atoms with E-state index in [9.17, 15) is 9.59 Å². The van der Waals surface area contributed by atoms with Gasteiger partial charge in [0.15, 0.2) is 11.5 Å². The Bertz CT molecular complexity index is 977. The summed E-state index contributed by atoms with van der Waals surface area (Å²) in [5, 5.41) is 5.81. The minimum atomic E-state index is -0.441. The molecule has 1 atom stereocenters. The van der Waals surface area contributed by atoms with E-state index in [2.05, 4.69) is 10.6 Å². The number of nitrogens with one attached hydrogen (secondary N) is 2. The maximum Gasteiger partial charge on any atom is 0.251 e. The fraction of sp³-hybridized carbons (Fsp3) is 0.200. The third-order valence-electron chi connectivity index (χ3n) is 4.68. The Morgan fingerprint density at radius 2 is 1.45 bits per heavy atom. The van der Waals surface area contributed by atoms with Crippen molar-refractivity contribution in [3.8, 4) is 11.5 Å². The number of para-hydroxylation sites is 2. The molecule has 0 aliphatic heterocycles. The van der Waals surface area contributed by atoms with Crippen LogP contribution in [0.1, 0.15) is 28.4 Å². The zero-order valence-corrected chi connectivity index (χ0v) is 17.4. The fourth-order valence-corrected chi connectivity index (χ4v) is 3.12. The van der Waals surface area contributed by atoms with Crippen molar-refractivity contribution in [1.82, 2.24) is 10.6 Å². The van der Waals surface area contributed by atoms with E-state index in [-0.39, 0.29) is 18.2 Å². The Morgan fingerprint density at radius 1 is 0.839 bits per heavy atom. The molecule has 0 spiro atoms. The van der Waals surface area contributed by atoms with Crippen LogP contribution >= 0.6 is 0 Å². The van der Waals surface area contributed by atoms with Gasteiger partial charge in [-0.2, -0.15) is 0 Å². The minimum Gasteiger partial charge on any atom is -0.493 e. The average molecular weight is 418 g/mol. The number of hydrogen-bond donors (Lipinski definition) is 2. The zero-order chi connectivity index (χ0) is 21.9. The molecule has 0 saturated heterocycles. The van der Waals surface area contributed by atoms with Crippen molar-refractivity contribution in [2.24, 2.45) is 0 Å². The second kappa shape index (κ2) is 11.4. The number of rotatable bonds is 10. The Labute approximate surface area is 182 Å². The summed E-state index contributed by atoms with van der Waals surface area (Å²) >= 11 is 0. The summed E-state index contributed by atoms with van der Waals surface area (Å²) in [4.78, 5) is 25.1. The molecule has 0 radical (unpaired) electrons. The third kappa shape index (κ3) is 6.60. The van der Waals surface area contributed by atoms with Crippen LogP contribution in [0.3, 0.4) is 0 Å². The van der Waals surface area contributed by atoms with Gasteiger partial charge < -0.3 is 20.1 Å². The first kappa shape index (κ1) is 21.9. The van der Waals surface area contributed by atoms with Crippen LogP contribution in [0.15, 0.2) is 84.9 Å². The smallest absolute Gasteiger partial charge is 0.251 e. The lowest BCUT2D eigenvalue weighted by Gasteiger charge is -2.19. The summed E-state index contributed by atoms with van der Waals surface area (Å²) in [6, 6.07) is 25.3. The summed E-state index contributed by atoms with van der Waals surface area (Å²) in [5.41, 5.74) is 1.42. The highest BCUT2D eigenvalue weighted by molar-refractivity contribution is 5.94. The van der Waals surface area contributed by atoms with Gasteiger partial charge in [-0.25, -0.2) is 0 Å². The molecule has 0 fully saturated rings. The van der Waals surface area contributed by atoms with Gasteiger partial charge in [-0.05, 0) is 29.8 Å². The van der Waals surface area contributed by atoms with Gasteiger partial charge in [0.05, 0.1) is 26.1 Å². The van der Waals surface area contributed by atoms with Crippen molar-refractivity contribution in [1.29, 1.82) is 0 Å². The van der Waals surface area contributed by atoms with Crippen LogP contribution in [0, 0.1) is 0 Å². The van der Waals surface area contributed by atoms with Gasteiger partial charge in [0.1, 0.15) is 6.61 Å². The molecule has 31 heavy (non-hydrogen) atoms. The van der Waals surface area contributed by atoms with Crippen molar-refractivity contribution in [3.05, 3.63) is 96.1 Å². The summed E-state index contributed by atoms with van der Waals surface area (Å²) in [7, 11) is 1.58. The first-order valence-electron chi connectivity index (χ1n) is 10.1. The molecule has 0 aliphatic rings. The number of methoxy groups -OCH3 is 1. The number of ether oxygens (including phenoxy) is 2. The maximum absolute atomic E-state index is 12.6. The minimum absolute atomic E-state index is 0.122. The van der Waals surface area contributed by atoms with Crippen LogP contribution in [0.4, 0.5) is 0 Å². The second-order valence-electron chi connectivity index (χ2n) is 6.86. The van der Waals surface area contributed by atoms with Crippen LogP contribution in [0.5, 0.6) is 11.5 Å². The maximum atomic E-state index is 12.6. The topological polar surface area (TPSA) is 76.7 Å². The molecule has 3 rings (SSSR count). The number of carbonyl (C=O) groups excluding carboxylic acids is 2. The van der Waals surface area contributed by atoms with Crippen molar-refractivity contribution < 1.29 is 19.1 Å². The molecule has 0 saturated carbocycles. The van der Waals surface area contributed by atoms with E-state index in [0.29, 0.717) is 30.2 Å². The Kier molecular flexibility index (Phi) is 8.05. The predicted molar refractivity (Wildman–Crippen MR) is 119 cm³/mol. The van der Waals surface area contributed by atoms with E-state index in [1.165, 1.54) is 0 Å². The number of hydrogen-bond acceptors (Lipinski definition) is 4. The molecule has 0 aromatic heterocycles. The Hall–Kier alpha value is -3.80. The van der Waals surface area contributed by atoms with Gasteiger partial charge in [-0.1, -0.05) is 60.7 Å². The quantitative estimate of drug-likeness (QED) is 0.492. The van der Waals surface area contributed by atoms with E-state index >= 15 is 0 Å². The van der Waals surface area contributed by atoms with Crippen molar-refractivity contribution >= 4 is 11.8 Å². The summed E-state index contributed by atoms with van der Waals surface area (Å²) in [6.45, 7) is 0.642. The molecule has 0 heterocycles. The summed E-state index contributed by atoms with van der Waals surface area (Å²) in [6.07, 6.45) is 0.122. The Balaban J connectivity index is 1.55. The standard InChI is InChI=1S/C25H26N2O4/c1-30-22-14-8-9-15-23(22)31-17-16-26-24(28)18-21(19-10-4-2-5-11-19)27-25(29)20-12-6-3-7-13-20/h2-15,21H,16-18H2,1H3,(H,26,28)(H,27,29)/t21-/m1/s1. The van der Waals surface area contributed by atoms with Gasteiger partial charge in [0.2, 0.25) is 5.91 Å². The van der Waals surface area contributed by atoms with Gasteiger partial charge in [0.25, 0.3) is 5.91 Å². The van der Waals surface area contributed by atoms with Gasteiger partial charge in [-0.15, -0.1) is 0 Å². The lowest BCUT2D eigenvalue weighted by Crippen LogP contribution is -2.35. The molecule has 6 nitrogen and oxygen atoms in total. The van der Waals surface area contributed by atoms with E-state index in [0.717, 1.165) is 5.56 Å². The molecule has 0 aliphatic carbocycles. The third-order valence-corrected chi connectivity index (χ3v) is 4.68. The van der Waals surface area contributed by atoms with Crippen molar-refractivity contribution in [3.63, 3.8) is 0 Å². The molecule has 0 unspecified atom stereocenters. The molecule has 160 valence electrons. The largest absolute Gasteiger partial charge is 0.493 e. The summed E-state index contributed by atoms with van der Waals surface area (Å²) in [5.74, 6) is 0.866. The van der Waals surface area contributed by atoms with E-state index in [1.807, 2.05) is 60.7 Å². The number of amides is 2. The highest BCUT2D eigenvalue weighted by Gasteiger charge is 2.19. The van der Waals surface area contributed by atoms with E-state index in [1.54, 1.807) is 31.4 Å².